The SMILES string of the molecule is CCNC(=NCc1nnc2ccccn12)NCCCNS(C)(=O)=O.I. The number of sulfonamides is 1. The zero-order chi connectivity index (χ0) is 17.4. The van der Waals surface area contributed by atoms with Crippen molar-refractivity contribution in [2.45, 2.75) is 19.9 Å². The van der Waals surface area contributed by atoms with Gasteiger partial charge in [0.25, 0.3) is 0 Å². The van der Waals surface area contributed by atoms with Crippen LogP contribution in [0.5, 0.6) is 0 Å². The Hall–Kier alpha value is -1.47. The molecule has 0 radical (unpaired) electrons. The normalized spacial score (nSPS) is 12.0. The molecule has 2 aromatic rings. The van der Waals surface area contributed by atoms with Crippen LogP contribution in [0.1, 0.15) is 19.2 Å². The third-order valence-electron chi connectivity index (χ3n) is 3.12. The Balaban J connectivity index is 0.00000312. The number of halogens is 1. The quantitative estimate of drug-likeness (QED) is 0.217. The van der Waals surface area contributed by atoms with E-state index in [2.05, 4.69) is 30.5 Å². The zero-order valence-electron chi connectivity index (χ0n) is 14.3. The molecule has 0 unspecified atom stereocenters. The molecule has 0 amide bonds. The fraction of sp³-hybridized carbons (Fsp3) is 0.500. The van der Waals surface area contributed by atoms with Crippen molar-refractivity contribution in [1.29, 1.82) is 0 Å². The number of aliphatic imine (C=N–C) groups is 1. The first-order valence-electron chi connectivity index (χ1n) is 7.75. The summed E-state index contributed by atoms with van der Waals surface area (Å²) in [6.45, 7) is 4.10. The van der Waals surface area contributed by atoms with Crippen LogP contribution in [-0.2, 0) is 16.6 Å². The minimum Gasteiger partial charge on any atom is -0.357 e. The predicted octanol–water partition coefficient (Wildman–Crippen LogP) is 0.342. The van der Waals surface area contributed by atoms with E-state index in [0.717, 1.165) is 24.3 Å². The van der Waals surface area contributed by atoms with Crippen LogP contribution in [0.3, 0.4) is 0 Å². The zero-order valence-corrected chi connectivity index (χ0v) is 17.4. The lowest BCUT2D eigenvalue weighted by molar-refractivity contribution is 0.584. The fourth-order valence-electron chi connectivity index (χ4n) is 2.04. The van der Waals surface area contributed by atoms with Crippen molar-refractivity contribution in [1.82, 2.24) is 30.0 Å². The average molecular weight is 481 g/mol. The summed E-state index contributed by atoms with van der Waals surface area (Å²) in [5, 5.41) is 14.5. The van der Waals surface area contributed by atoms with Crippen molar-refractivity contribution in [3.8, 4) is 0 Å². The predicted molar refractivity (Wildman–Crippen MR) is 109 cm³/mol. The summed E-state index contributed by atoms with van der Waals surface area (Å²) in [7, 11) is -3.14. The van der Waals surface area contributed by atoms with Crippen molar-refractivity contribution in [2.24, 2.45) is 4.99 Å². The lowest BCUT2D eigenvalue weighted by atomic mass is 10.4. The van der Waals surface area contributed by atoms with E-state index in [1.807, 2.05) is 35.7 Å². The molecule has 0 fully saturated rings. The van der Waals surface area contributed by atoms with E-state index in [9.17, 15) is 8.42 Å². The van der Waals surface area contributed by atoms with Crippen molar-refractivity contribution >= 4 is 45.6 Å². The summed E-state index contributed by atoms with van der Waals surface area (Å²) in [5.41, 5.74) is 0.785. The smallest absolute Gasteiger partial charge is 0.208 e. The van der Waals surface area contributed by atoms with Gasteiger partial charge in [-0.1, -0.05) is 6.07 Å². The van der Waals surface area contributed by atoms with Crippen LogP contribution in [-0.4, -0.2) is 54.9 Å². The molecule has 0 aliphatic heterocycles. The standard InChI is InChI=1S/C14H23N7O2S.HI/c1-3-15-14(16-8-6-9-18-24(2,22)23)17-11-13-20-19-12-7-4-5-10-21(12)13;/h4-5,7,10,18H,3,6,8-9,11H2,1-2H3,(H2,15,16,17);1H. The molecule has 2 rings (SSSR count). The molecule has 0 saturated carbocycles. The second-order valence-corrected chi connectivity index (χ2v) is 7.02. The van der Waals surface area contributed by atoms with Gasteiger partial charge in [-0.2, -0.15) is 0 Å². The fourth-order valence-corrected chi connectivity index (χ4v) is 2.56. The summed E-state index contributed by atoms with van der Waals surface area (Å²) in [6.07, 6.45) is 3.71. The van der Waals surface area contributed by atoms with Gasteiger partial charge in [0.1, 0.15) is 6.54 Å². The number of fused-ring (bicyclic) bond motifs is 1. The van der Waals surface area contributed by atoms with Crippen LogP contribution < -0.4 is 15.4 Å². The molecular formula is C14H24IN7O2S. The molecule has 140 valence electrons. The number of hydrogen-bond donors (Lipinski definition) is 3. The Morgan fingerprint density at radius 2 is 2.04 bits per heavy atom. The van der Waals surface area contributed by atoms with E-state index in [1.165, 1.54) is 0 Å². The lowest BCUT2D eigenvalue weighted by Crippen LogP contribution is -2.38. The topological polar surface area (TPSA) is 113 Å². The van der Waals surface area contributed by atoms with Crippen LogP contribution in [0.4, 0.5) is 0 Å². The molecule has 0 spiro atoms. The van der Waals surface area contributed by atoms with E-state index in [-0.39, 0.29) is 24.0 Å². The third-order valence-corrected chi connectivity index (χ3v) is 3.85. The number of rotatable bonds is 8. The van der Waals surface area contributed by atoms with Gasteiger partial charge in [0, 0.05) is 25.8 Å². The van der Waals surface area contributed by atoms with Crippen LogP contribution in [0, 0.1) is 0 Å². The van der Waals surface area contributed by atoms with Crippen molar-refractivity contribution in [2.75, 3.05) is 25.9 Å². The van der Waals surface area contributed by atoms with Crippen LogP contribution in [0.2, 0.25) is 0 Å². The summed E-state index contributed by atoms with van der Waals surface area (Å²) in [4.78, 5) is 4.48. The molecule has 25 heavy (non-hydrogen) atoms. The van der Waals surface area contributed by atoms with Gasteiger partial charge in [0.2, 0.25) is 10.0 Å². The summed E-state index contributed by atoms with van der Waals surface area (Å²) < 4.78 is 26.3. The molecule has 2 aromatic heterocycles. The molecule has 0 aromatic carbocycles. The Bertz CT molecular complexity index is 791. The number of aromatic nitrogens is 3. The van der Waals surface area contributed by atoms with Gasteiger partial charge >= 0.3 is 0 Å². The van der Waals surface area contributed by atoms with E-state index < -0.39 is 10.0 Å². The molecule has 3 N–H and O–H groups in total. The highest BCUT2D eigenvalue weighted by atomic mass is 127. The molecule has 11 heteroatoms. The Morgan fingerprint density at radius 1 is 1.24 bits per heavy atom. The second kappa shape index (κ2) is 10.5. The maximum atomic E-state index is 11.0. The first-order valence-corrected chi connectivity index (χ1v) is 9.64. The molecular weight excluding hydrogens is 457 g/mol. The van der Waals surface area contributed by atoms with Gasteiger partial charge in [0.15, 0.2) is 17.4 Å². The Kier molecular flexibility index (Phi) is 9.06. The largest absolute Gasteiger partial charge is 0.357 e. The first kappa shape index (κ1) is 21.6. The molecule has 0 aliphatic rings. The van der Waals surface area contributed by atoms with E-state index in [4.69, 9.17) is 0 Å². The highest BCUT2D eigenvalue weighted by Gasteiger charge is 2.05. The molecule has 9 nitrogen and oxygen atoms in total. The van der Waals surface area contributed by atoms with Gasteiger partial charge in [-0.05, 0) is 25.5 Å². The molecule has 0 bridgehead atoms. The summed E-state index contributed by atoms with van der Waals surface area (Å²) in [6, 6.07) is 5.72. The lowest BCUT2D eigenvalue weighted by Gasteiger charge is -2.11. The monoisotopic (exact) mass is 481 g/mol. The van der Waals surface area contributed by atoms with Crippen molar-refractivity contribution < 1.29 is 8.42 Å². The second-order valence-electron chi connectivity index (χ2n) is 5.19. The van der Waals surface area contributed by atoms with Crippen molar-refractivity contribution in [3.05, 3.63) is 30.2 Å². The maximum absolute atomic E-state index is 11.0. The van der Waals surface area contributed by atoms with Gasteiger partial charge in [-0.3, -0.25) is 4.40 Å². The minimum absolute atomic E-state index is 0. The highest BCUT2D eigenvalue weighted by Crippen LogP contribution is 2.03. The van der Waals surface area contributed by atoms with E-state index in [0.29, 0.717) is 32.0 Å². The Labute approximate surface area is 164 Å². The minimum atomic E-state index is -3.14. The number of guanidine groups is 1. The Morgan fingerprint density at radius 3 is 2.76 bits per heavy atom. The van der Waals surface area contributed by atoms with Crippen LogP contribution >= 0.6 is 24.0 Å². The van der Waals surface area contributed by atoms with Crippen LogP contribution in [0.25, 0.3) is 5.65 Å². The third kappa shape index (κ3) is 7.52. The number of nitrogens with one attached hydrogen (secondary N) is 3. The summed E-state index contributed by atoms with van der Waals surface area (Å²) >= 11 is 0. The van der Waals surface area contributed by atoms with E-state index >= 15 is 0 Å². The highest BCUT2D eigenvalue weighted by molar-refractivity contribution is 14.0. The first-order chi connectivity index (χ1) is 11.5. The molecule has 0 aliphatic carbocycles. The average Bonchev–Trinajstić information content (AvgIpc) is 2.94. The molecule has 0 atom stereocenters. The van der Waals surface area contributed by atoms with Gasteiger partial charge in [-0.15, -0.1) is 34.2 Å². The molecule has 0 saturated heterocycles. The maximum Gasteiger partial charge on any atom is 0.208 e. The van der Waals surface area contributed by atoms with Crippen LogP contribution in [0.15, 0.2) is 29.4 Å². The van der Waals surface area contributed by atoms with Gasteiger partial charge in [-0.25, -0.2) is 18.1 Å². The van der Waals surface area contributed by atoms with Gasteiger partial charge in [0.05, 0.1) is 6.26 Å². The summed E-state index contributed by atoms with van der Waals surface area (Å²) in [5.74, 6) is 1.41. The molecule has 2 heterocycles. The van der Waals surface area contributed by atoms with E-state index in [1.54, 1.807) is 0 Å². The number of hydrogen-bond acceptors (Lipinski definition) is 5. The van der Waals surface area contributed by atoms with Crippen molar-refractivity contribution in [3.63, 3.8) is 0 Å². The van der Waals surface area contributed by atoms with Gasteiger partial charge < -0.3 is 10.6 Å². The number of pyridine rings is 1. The number of nitrogens with zero attached hydrogens (tertiary/aromatic N) is 4.